The normalized spacial score (nSPS) is 16.2. The zero-order valence-electron chi connectivity index (χ0n) is 22.2. The number of ether oxygens (including phenoxy) is 2. The molecular weight excluding hydrogens is 486 g/mol. The molecule has 5 rings (SSSR count). The van der Waals surface area contributed by atoms with Crippen molar-refractivity contribution in [1.82, 2.24) is 30.2 Å². The van der Waals surface area contributed by atoms with E-state index in [0.29, 0.717) is 49.2 Å². The van der Waals surface area contributed by atoms with Crippen molar-refractivity contribution in [3.8, 4) is 22.6 Å². The first-order valence-corrected chi connectivity index (χ1v) is 12.8. The first-order chi connectivity index (χ1) is 18.2. The van der Waals surface area contributed by atoms with Crippen LogP contribution in [-0.4, -0.2) is 87.9 Å². The second-order valence-corrected chi connectivity index (χ2v) is 10.6. The number of aromatic amines is 1. The smallest absolute Gasteiger partial charge is 0.407 e. The summed E-state index contributed by atoms with van der Waals surface area (Å²) >= 11 is 0. The van der Waals surface area contributed by atoms with Crippen molar-refractivity contribution < 1.29 is 19.1 Å². The molecule has 2 fully saturated rings. The van der Waals surface area contributed by atoms with Crippen LogP contribution in [0.4, 0.5) is 10.5 Å². The van der Waals surface area contributed by atoms with E-state index in [2.05, 4.69) is 36.2 Å². The molecule has 5 heterocycles. The Labute approximate surface area is 221 Å². The summed E-state index contributed by atoms with van der Waals surface area (Å²) < 4.78 is 10.7. The number of alkyl carbamates (subject to hydrolysis) is 1. The summed E-state index contributed by atoms with van der Waals surface area (Å²) in [7, 11) is 0. The maximum atomic E-state index is 13.1. The number of anilines is 1. The molecule has 2 saturated heterocycles. The van der Waals surface area contributed by atoms with Crippen molar-refractivity contribution in [2.24, 2.45) is 0 Å². The van der Waals surface area contributed by atoms with Crippen molar-refractivity contribution in [3.63, 3.8) is 0 Å². The molecule has 0 aliphatic carbocycles. The zero-order valence-corrected chi connectivity index (χ0v) is 22.2. The highest BCUT2D eigenvalue weighted by molar-refractivity contribution is 5.94. The van der Waals surface area contributed by atoms with Gasteiger partial charge in [0.2, 0.25) is 0 Å². The molecule has 0 saturated carbocycles. The van der Waals surface area contributed by atoms with Crippen LogP contribution in [-0.2, 0) is 9.47 Å². The molecular formula is C27H33N7O4. The molecule has 2 amide bonds. The van der Waals surface area contributed by atoms with Crippen LogP contribution in [0.3, 0.4) is 0 Å². The van der Waals surface area contributed by atoms with E-state index in [4.69, 9.17) is 9.47 Å². The van der Waals surface area contributed by atoms with Crippen LogP contribution in [0.5, 0.6) is 0 Å². The molecule has 2 aliphatic heterocycles. The number of aryl methyl sites for hydroxylation is 1. The Bertz CT molecular complexity index is 1320. The molecule has 2 aliphatic rings. The first kappa shape index (κ1) is 25.7. The molecule has 0 atom stereocenters. The number of nitrogens with zero attached hydrogens (tertiary/aromatic N) is 5. The molecule has 11 nitrogen and oxygen atoms in total. The number of rotatable bonds is 5. The van der Waals surface area contributed by atoms with E-state index in [9.17, 15) is 9.59 Å². The quantitative estimate of drug-likeness (QED) is 0.527. The second-order valence-electron chi connectivity index (χ2n) is 10.6. The van der Waals surface area contributed by atoms with Crippen LogP contribution in [0.25, 0.3) is 22.6 Å². The predicted octanol–water partition coefficient (Wildman–Crippen LogP) is 3.03. The molecule has 200 valence electrons. The van der Waals surface area contributed by atoms with Crippen LogP contribution in [0, 0.1) is 6.92 Å². The number of hydrogen-bond acceptors (Lipinski definition) is 8. The van der Waals surface area contributed by atoms with Gasteiger partial charge in [0, 0.05) is 49.8 Å². The third-order valence-electron chi connectivity index (χ3n) is 6.41. The molecule has 38 heavy (non-hydrogen) atoms. The molecule has 3 aromatic rings. The van der Waals surface area contributed by atoms with Crippen molar-refractivity contribution in [3.05, 3.63) is 48.2 Å². The Kier molecular flexibility index (Phi) is 7.02. The van der Waals surface area contributed by atoms with Crippen molar-refractivity contribution in [2.45, 2.75) is 39.3 Å². The highest BCUT2D eigenvalue weighted by Crippen LogP contribution is 2.27. The van der Waals surface area contributed by atoms with Gasteiger partial charge in [0.15, 0.2) is 5.82 Å². The lowest BCUT2D eigenvalue weighted by molar-refractivity contribution is 0.0357. The van der Waals surface area contributed by atoms with E-state index in [1.807, 2.05) is 52.2 Å². The van der Waals surface area contributed by atoms with Gasteiger partial charge in [-0.05, 0) is 51.5 Å². The summed E-state index contributed by atoms with van der Waals surface area (Å²) in [6, 6.07) is 5.85. The number of carbonyl (C=O) groups is 2. The van der Waals surface area contributed by atoms with Crippen molar-refractivity contribution >= 4 is 17.7 Å². The lowest BCUT2D eigenvalue weighted by atomic mass is 10.1. The molecule has 0 aromatic carbocycles. The maximum Gasteiger partial charge on any atom is 0.407 e. The van der Waals surface area contributed by atoms with Crippen LogP contribution < -0.4 is 10.2 Å². The highest BCUT2D eigenvalue weighted by Gasteiger charge is 2.35. The van der Waals surface area contributed by atoms with E-state index in [0.717, 1.165) is 29.9 Å². The number of carbonyl (C=O) groups excluding carboxylic acids is 2. The van der Waals surface area contributed by atoms with Gasteiger partial charge in [-0.1, -0.05) is 0 Å². The molecule has 2 N–H and O–H groups in total. The molecule has 0 spiro atoms. The van der Waals surface area contributed by atoms with Gasteiger partial charge in [0.25, 0.3) is 5.91 Å². The predicted molar refractivity (Wildman–Crippen MR) is 142 cm³/mol. The molecule has 0 unspecified atom stereocenters. The molecule has 11 heteroatoms. The maximum absolute atomic E-state index is 13.1. The van der Waals surface area contributed by atoms with Crippen LogP contribution in [0.2, 0.25) is 0 Å². The summed E-state index contributed by atoms with van der Waals surface area (Å²) in [6.45, 7) is 11.1. The fraction of sp³-hybridized carbons (Fsp3) is 0.444. The summed E-state index contributed by atoms with van der Waals surface area (Å²) in [5.41, 5.74) is 4.06. The number of aromatic nitrogens is 4. The van der Waals surface area contributed by atoms with Crippen LogP contribution in [0.15, 0.2) is 36.8 Å². The standard InChI is InChI=1S/C27H33N7O4/c1-17-23(25(35)34-15-20(16-34)31-26(36)38-27(2,3)4)32-24(30-17)22-12-18(5-6-29-22)19-11-21(14-28-13-19)33-7-9-37-10-8-33/h5-6,11-14,20H,7-10,15-16H2,1-4H3,(H,30,32)(H,31,36). The third-order valence-corrected chi connectivity index (χ3v) is 6.41. The van der Waals surface area contributed by atoms with E-state index < -0.39 is 11.7 Å². The van der Waals surface area contributed by atoms with Gasteiger partial charge in [-0.3, -0.25) is 14.8 Å². The molecule has 0 radical (unpaired) electrons. The zero-order chi connectivity index (χ0) is 26.9. The number of hydrogen-bond donors (Lipinski definition) is 2. The minimum absolute atomic E-state index is 0.146. The minimum Gasteiger partial charge on any atom is -0.444 e. The summed E-state index contributed by atoms with van der Waals surface area (Å²) in [5.74, 6) is 0.333. The topological polar surface area (TPSA) is 126 Å². The van der Waals surface area contributed by atoms with E-state index in [1.165, 1.54) is 0 Å². The van der Waals surface area contributed by atoms with Gasteiger partial charge in [0.05, 0.1) is 31.1 Å². The van der Waals surface area contributed by atoms with E-state index in [-0.39, 0.29) is 11.9 Å². The van der Waals surface area contributed by atoms with Gasteiger partial charge < -0.3 is 29.6 Å². The van der Waals surface area contributed by atoms with Crippen LogP contribution >= 0.6 is 0 Å². The van der Waals surface area contributed by atoms with Crippen LogP contribution in [0.1, 0.15) is 37.0 Å². The number of H-pyrrole nitrogens is 1. The average molecular weight is 520 g/mol. The largest absolute Gasteiger partial charge is 0.444 e. The summed E-state index contributed by atoms with van der Waals surface area (Å²) in [4.78, 5) is 45.7. The Hall–Kier alpha value is -3.99. The van der Waals surface area contributed by atoms with Crippen molar-refractivity contribution in [1.29, 1.82) is 0 Å². The number of nitrogens with one attached hydrogen (secondary N) is 2. The molecule has 0 bridgehead atoms. The number of imidazole rings is 1. The van der Waals surface area contributed by atoms with Gasteiger partial charge in [-0.25, -0.2) is 9.78 Å². The third kappa shape index (κ3) is 5.77. The number of likely N-dealkylation sites (tertiary alicyclic amines) is 1. The SMILES string of the molecule is Cc1[nH]c(-c2cc(-c3cncc(N4CCOCC4)c3)ccn2)nc1C(=O)N1CC(NC(=O)OC(C)(C)C)C1. The Balaban J connectivity index is 1.26. The second kappa shape index (κ2) is 10.4. The van der Waals surface area contributed by atoms with Gasteiger partial charge in [0.1, 0.15) is 17.0 Å². The van der Waals surface area contributed by atoms with Gasteiger partial charge in [-0.15, -0.1) is 0 Å². The lowest BCUT2D eigenvalue weighted by Gasteiger charge is -2.39. The van der Waals surface area contributed by atoms with Crippen molar-refractivity contribution in [2.75, 3.05) is 44.3 Å². The number of pyridine rings is 2. The Morgan fingerprint density at radius 1 is 1.13 bits per heavy atom. The Morgan fingerprint density at radius 2 is 1.89 bits per heavy atom. The average Bonchev–Trinajstić information content (AvgIpc) is 3.27. The van der Waals surface area contributed by atoms with Gasteiger partial charge in [-0.2, -0.15) is 0 Å². The summed E-state index contributed by atoms with van der Waals surface area (Å²) in [5, 5.41) is 2.79. The monoisotopic (exact) mass is 519 g/mol. The van der Waals surface area contributed by atoms with Gasteiger partial charge >= 0.3 is 6.09 Å². The lowest BCUT2D eigenvalue weighted by Crippen LogP contribution is -2.61. The minimum atomic E-state index is -0.570. The fourth-order valence-electron chi connectivity index (χ4n) is 4.47. The number of morpholine rings is 1. The highest BCUT2D eigenvalue weighted by atomic mass is 16.6. The summed E-state index contributed by atoms with van der Waals surface area (Å²) in [6.07, 6.45) is 4.95. The Morgan fingerprint density at radius 3 is 2.63 bits per heavy atom. The van der Waals surface area contributed by atoms with E-state index >= 15 is 0 Å². The number of amides is 2. The van der Waals surface area contributed by atoms with E-state index in [1.54, 1.807) is 11.1 Å². The fourth-order valence-corrected chi connectivity index (χ4v) is 4.47. The molecule has 3 aromatic heterocycles. The first-order valence-electron chi connectivity index (χ1n) is 12.8.